The first kappa shape index (κ1) is 15.0. The molecule has 0 atom stereocenters. The van der Waals surface area contributed by atoms with Gasteiger partial charge in [-0.2, -0.15) is 0 Å². The summed E-state index contributed by atoms with van der Waals surface area (Å²) in [5.74, 6) is 3.89. The van der Waals surface area contributed by atoms with E-state index in [4.69, 9.17) is 0 Å². The van der Waals surface area contributed by atoms with Gasteiger partial charge in [-0.1, -0.05) is 53.4 Å². The summed E-state index contributed by atoms with van der Waals surface area (Å²) in [5, 5.41) is 3.37. The van der Waals surface area contributed by atoms with Crippen LogP contribution in [-0.2, 0) is 0 Å². The lowest BCUT2D eigenvalue weighted by atomic mass is 9.87. The van der Waals surface area contributed by atoms with Gasteiger partial charge in [-0.05, 0) is 49.6 Å². The first-order chi connectivity index (χ1) is 8.11. The minimum absolute atomic E-state index is 0.895. The fraction of sp³-hybridized carbons (Fsp3) is 1.00. The van der Waals surface area contributed by atoms with Crippen molar-refractivity contribution in [1.82, 2.24) is 5.32 Å². The molecule has 1 aliphatic carbocycles. The van der Waals surface area contributed by atoms with Crippen molar-refractivity contribution in [2.24, 2.45) is 23.7 Å². The molecule has 0 aromatic rings. The van der Waals surface area contributed by atoms with E-state index in [2.05, 4.69) is 33.0 Å². The zero-order valence-corrected chi connectivity index (χ0v) is 12.5. The number of hydrogen-bond donors (Lipinski definition) is 1. The Bertz CT molecular complexity index is 174. The van der Waals surface area contributed by atoms with E-state index >= 15 is 0 Å². The van der Waals surface area contributed by atoms with Gasteiger partial charge in [-0.3, -0.25) is 0 Å². The van der Waals surface area contributed by atoms with E-state index in [1.807, 2.05) is 0 Å². The fourth-order valence-electron chi connectivity index (χ4n) is 3.13. The summed E-state index contributed by atoms with van der Waals surface area (Å²) >= 11 is 0. The van der Waals surface area contributed by atoms with Gasteiger partial charge in [-0.15, -0.1) is 0 Å². The lowest BCUT2D eigenvalue weighted by molar-refractivity contribution is 0.292. The van der Waals surface area contributed by atoms with Crippen LogP contribution in [0, 0.1) is 23.7 Å². The van der Waals surface area contributed by atoms with Gasteiger partial charge in [0.05, 0.1) is 0 Å². The predicted octanol–water partition coefficient (Wildman–Crippen LogP) is 4.47. The van der Waals surface area contributed by atoms with Crippen molar-refractivity contribution in [2.75, 3.05) is 13.1 Å². The van der Waals surface area contributed by atoms with Crippen LogP contribution in [0.4, 0.5) is 0 Å². The maximum atomic E-state index is 3.37. The van der Waals surface area contributed by atoms with Crippen molar-refractivity contribution in [3.05, 3.63) is 0 Å². The second kappa shape index (κ2) is 8.13. The third-order valence-electron chi connectivity index (χ3n) is 4.67. The van der Waals surface area contributed by atoms with Crippen LogP contribution in [0.2, 0.25) is 0 Å². The Morgan fingerprint density at radius 3 is 1.41 bits per heavy atom. The van der Waals surface area contributed by atoms with Gasteiger partial charge in [-0.25, -0.2) is 0 Å². The summed E-state index contributed by atoms with van der Waals surface area (Å²) in [7, 11) is 0. The molecule has 0 aromatic carbocycles. The number of hydrogen-bond acceptors (Lipinski definition) is 1. The van der Waals surface area contributed by atoms with Crippen molar-refractivity contribution >= 4 is 0 Å². The Morgan fingerprint density at radius 1 is 0.706 bits per heavy atom. The highest BCUT2D eigenvalue weighted by molar-refractivity contribution is 4.70. The van der Waals surface area contributed by atoms with E-state index < -0.39 is 0 Å². The highest BCUT2D eigenvalue weighted by Crippen LogP contribution is 2.30. The molecule has 0 aromatic heterocycles. The second-order valence-electron chi connectivity index (χ2n) is 6.62. The summed E-state index contributed by atoms with van der Waals surface area (Å²) in [6.45, 7) is 11.8. The highest BCUT2D eigenvalue weighted by Gasteiger charge is 2.17. The van der Waals surface area contributed by atoms with Gasteiger partial charge in [0.25, 0.3) is 0 Å². The number of piperidine rings is 1. The molecule has 0 amide bonds. The molecule has 2 rings (SSSR count). The van der Waals surface area contributed by atoms with Crippen molar-refractivity contribution in [1.29, 1.82) is 0 Å². The molecule has 2 fully saturated rings. The molecule has 0 unspecified atom stereocenters. The summed E-state index contributed by atoms with van der Waals surface area (Å²) < 4.78 is 0. The van der Waals surface area contributed by atoms with E-state index in [0.29, 0.717) is 0 Å². The predicted molar refractivity (Wildman–Crippen MR) is 77.2 cm³/mol. The lowest BCUT2D eigenvalue weighted by Gasteiger charge is -2.25. The van der Waals surface area contributed by atoms with Crippen molar-refractivity contribution in [3.8, 4) is 0 Å². The van der Waals surface area contributed by atoms with Crippen LogP contribution in [0.3, 0.4) is 0 Å². The van der Waals surface area contributed by atoms with Gasteiger partial charge in [0, 0.05) is 0 Å². The molecule has 2 aliphatic rings. The zero-order chi connectivity index (χ0) is 12.7. The van der Waals surface area contributed by atoms with Crippen LogP contribution in [0.1, 0.15) is 66.2 Å². The minimum atomic E-state index is 0.895. The molecule has 1 heterocycles. The van der Waals surface area contributed by atoms with Gasteiger partial charge in [0.2, 0.25) is 0 Å². The summed E-state index contributed by atoms with van der Waals surface area (Å²) in [6, 6.07) is 0. The topological polar surface area (TPSA) is 12.0 Å². The van der Waals surface area contributed by atoms with Crippen molar-refractivity contribution in [3.63, 3.8) is 0 Å². The number of nitrogens with one attached hydrogen (secondary N) is 1. The monoisotopic (exact) mass is 239 g/mol. The molecule has 1 saturated heterocycles. The standard InChI is InChI=1S/C8H17N.C8H16/c1-7(2)8-3-5-9-6-4-8;1-7(2)8-5-3-4-6-8/h7-9H,3-6H2,1-2H3;7-8H,3-6H2,1-2H3. The zero-order valence-electron chi connectivity index (χ0n) is 12.5. The maximum absolute atomic E-state index is 3.37. The molecule has 0 radical (unpaired) electrons. The Labute approximate surface area is 109 Å². The number of rotatable bonds is 2. The highest BCUT2D eigenvalue weighted by atomic mass is 14.9. The van der Waals surface area contributed by atoms with Crippen LogP contribution < -0.4 is 5.32 Å². The third kappa shape index (κ3) is 5.90. The van der Waals surface area contributed by atoms with Gasteiger partial charge in [0.1, 0.15) is 0 Å². The van der Waals surface area contributed by atoms with Gasteiger partial charge in [0.15, 0.2) is 0 Å². The normalized spacial score (nSPS) is 22.9. The Hall–Kier alpha value is -0.0400. The van der Waals surface area contributed by atoms with Crippen molar-refractivity contribution < 1.29 is 0 Å². The Balaban J connectivity index is 0.000000171. The van der Waals surface area contributed by atoms with Gasteiger partial charge < -0.3 is 5.32 Å². The molecular weight excluding hydrogens is 206 g/mol. The quantitative estimate of drug-likeness (QED) is 0.749. The first-order valence-corrected chi connectivity index (χ1v) is 7.82. The Morgan fingerprint density at radius 2 is 1.12 bits per heavy atom. The largest absolute Gasteiger partial charge is 0.317 e. The van der Waals surface area contributed by atoms with E-state index in [1.165, 1.54) is 51.6 Å². The van der Waals surface area contributed by atoms with Gasteiger partial charge >= 0.3 is 0 Å². The summed E-state index contributed by atoms with van der Waals surface area (Å²) in [5.41, 5.74) is 0. The molecule has 17 heavy (non-hydrogen) atoms. The Kier molecular flexibility index (Phi) is 7.18. The fourth-order valence-corrected chi connectivity index (χ4v) is 3.13. The lowest BCUT2D eigenvalue weighted by Crippen LogP contribution is -2.29. The molecule has 1 N–H and O–H groups in total. The van der Waals surface area contributed by atoms with E-state index in [-0.39, 0.29) is 0 Å². The van der Waals surface area contributed by atoms with Crippen LogP contribution in [0.25, 0.3) is 0 Å². The summed E-state index contributed by atoms with van der Waals surface area (Å²) in [6.07, 6.45) is 8.75. The molecule has 0 spiro atoms. The molecule has 0 bridgehead atoms. The molecule has 1 nitrogen and oxygen atoms in total. The van der Waals surface area contributed by atoms with E-state index in [9.17, 15) is 0 Å². The molecular formula is C16H33N. The molecule has 1 aliphatic heterocycles. The average molecular weight is 239 g/mol. The maximum Gasteiger partial charge on any atom is -0.00462 e. The van der Waals surface area contributed by atoms with Crippen molar-refractivity contribution in [2.45, 2.75) is 66.2 Å². The summed E-state index contributed by atoms with van der Waals surface area (Å²) in [4.78, 5) is 0. The van der Waals surface area contributed by atoms with Crippen LogP contribution in [0.15, 0.2) is 0 Å². The SMILES string of the molecule is CC(C)C1CCCC1.CC(C)C1CCNCC1. The van der Waals surface area contributed by atoms with Crippen LogP contribution >= 0.6 is 0 Å². The average Bonchev–Trinajstić information content (AvgIpc) is 2.84. The van der Waals surface area contributed by atoms with E-state index in [0.717, 1.165) is 23.7 Å². The smallest absolute Gasteiger partial charge is 0.00462 e. The second-order valence-corrected chi connectivity index (χ2v) is 6.62. The van der Waals surface area contributed by atoms with E-state index in [1.54, 1.807) is 0 Å². The van der Waals surface area contributed by atoms with Crippen LogP contribution in [0.5, 0.6) is 0 Å². The minimum Gasteiger partial charge on any atom is -0.317 e. The molecule has 1 heteroatoms. The molecule has 102 valence electrons. The third-order valence-corrected chi connectivity index (χ3v) is 4.67. The first-order valence-electron chi connectivity index (χ1n) is 7.82. The van der Waals surface area contributed by atoms with Crippen LogP contribution in [-0.4, -0.2) is 13.1 Å². The molecule has 1 saturated carbocycles.